The largest absolute Gasteiger partial charge is 0.465 e. The molecule has 4 heteroatoms. The maximum Gasteiger partial charge on any atom is 0.309 e. The van der Waals surface area contributed by atoms with Crippen LogP contribution in [0.1, 0.15) is 53.4 Å². The second kappa shape index (κ2) is 9.02. The Kier molecular flexibility index (Phi) is 8.46. The standard InChI is InChI=1S/C13H24O4/c1-5-7-8-16-13(15)10(3)9-12(14)17-11(4)6-2/h10-11H,5-9H2,1-4H3. The maximum absolute atomic E-state index is 11.5. The second-order valence-electron chi connectivity index (χ2n) is 4.33. The number of hydrogen-bond acceptors (Lipinski definition) is 4. The van der Waals surface area contributed by atoms with Gasteiger partial charge in [-0.3, -0.25) is 9.59 Å². The van der Waals surface area contributed by atoms with Gasteiger partial charge < -0.3 is 9.47 Å². The Morgan fingerprint density at radius 3 is 2.35 bits per heavy atom. The molecule has 0 spiro atoms. The molecular formula is C13H24O4. The molecular weight excluding hydrogens is 220 g/mol. The highest BCUT2D eigenvalue weighted by molar-refractivity contribution is 5.79. The third-order valence-electron chi connectivity index (χ3n) is 2.52. The van der Waals surface area contributed by atoms with E-state index in [1.54, 1.807) is 6.92 Å². The molecule has 0 saturated heterocycles. The molecule has 0 aromatic heterocycles. The Balaban J connectivity index is 3.86. The minimum Gasteiger partial charge on any atom is -0.465 e. The van der Waals surface area contributed by atoms with E-state index in [2.05, 4.69) is 0 Å². The van der Waals surface area contributed by atoms with Crippen molar-refractivity contribution in [1.29, 1.82) is 0 Å². The normalized spacial score (nSPS) is 13.9. The van der Waals surface area contributed by atoms with Gasteiger partial charge in [0.1, 0.15) is 0 Å². The molecule has 0 bridgehead atoms. The van der Waals surface area contributed by atoms with Crippen LogP contribution in [0.3, 0.4) is 0 Å². The molecule has 0 radical (unpaired) electrons. The van der Waals surface area contributed by atoms with Gasteiger partial charge in [-0.1, -0.05) is 27.2 Å². The summed E-state index contributed by atoms with van der Waals surface area (Å²) in [6.07, 6.45) is 2.62. The number of carbonyl (C=O) groups excluding carboxylic acids is 2. The Labute approximate surface area is 104 Å². The van der Waals surface area contributed by atoms with E-state index in [0.29, 0.717) is 6.61 Å². The summed E-state index contributed by atoms with van der Waals surface area (Å²) in [5.41, 5.74) is 0. The molecule has 0 rings (SSSR count). The van der Waals surface area contributed by atoms with Crippen molar-refractivity contribution < 1.29 is 19.1 Å². The third-order valence-corrected chi connectivity index (χ3v) is 2.52. The van der Waals surface area contributed by atoms with Crippen molar-refractivity contribution in [2.24, 2.45) is 5.92 Å². The van der Waals surface area contributed by atoms with Gasteiger partial charge in [0.25, 0.3) is 0 Å². The lowest BCUT2D eigenvalue weighted by Gasteiger charge is -2.13. The fraction of sp³-hybridized carbons (Fsp3) is 0.846. The van der Waals surface area contributed by atoms with E-state index in [1.807, 2.05) is 20.8 Å². The first-order valence-corrected chi connectivity index (χ1v) is 6.37. The lowest BCUT2D eigenvalue weighted by Crippen LogP contribution is -2.22. The monoisotopic (exact) mass is 244 g/mol. The van der Waals surface area contributed by atoms with Gasteiger partial charge in [0, 0.05) is 0 Å². The topological polar surface area (TPSA) is 52.6 Å². The van der Waals surface area contributed by atoms with E-state index >= 15 is 0 Å². The van der Waals surface area contributed by atoms with Crippen molar-refractivity contribution in [2.45, 2.75) is 59.5 Å². The zero-order chi connectivity index (χ0) is 13.3. The molecule has 0 aliphatic carbocycles. The van der Waals surface area contributed by atoms with E-state index in [4.69, 9.17) is 9.47 Å². The predicted octanol–water partition coefficient (Wildman–Crippen LogP) is 2.70. The van der Waals surface area contributed by atoms with Gasteiger partial charge in [-0.15, -0.1) is 0 Å². The minimum absolute atomic E-state index is 0.0918. The maximum atomic E-state index is 11.5. The lowest BCUT2D eigenvalue weighted by molar-refractivity contribution is -0.157. The van der Waals surface area contributed by atoms with Gasteiger partial charge in [0.05, 0.1) is 25.0 Å². The molecule has 0 aliphatic rings. The summed E-state index contributed by atoms with van der Waals surface area (Å²) in [6, 6.07) is 0. The fourth-order valence-corrected chi connectivity index (χ4v) is 1.15. The van der Waals surface area contributed by atoms with Crippen LogP contribution in [-0.2, 0) is 19.1 Å². The molecule has 0 amide bonds. The molecule has 0 saturated carbocycles. The number of unbranched alkanes of at least 4 members (excludes halogenated alkanes) is 1. The summed E-state index contributed by atoms with van der Waals surface area (Å²) in [7, 11) is 0. The fourth-order valence-electron chi connectivity index (χ4n) is 1.15. The highest BCUT2D eigenvalue weighted by Crippen LogP contribution is 2.08. The molecule has 4 nitrogen and oxygen atoms in total. The highest BCUT2D eigenvalue weighted by atomic mass is 16.5. The Morgan fingerprint density at radius 2 is 1.82 bits per heavy atom. The third kappa shape index (κ3) is 7.77. The van der Waals surface area contributed by atoms with Crippen LogP contribution in [-0.4, -0.2) is 24.6 Å². The Bertz CT molecular complexity index is 238. The molecule has 0 aromatic carbocycles. The van der Waals surface area contributed by atoms with E-state index in [1.165, 1.54) is 0 Å². The Hall–Kier alpha value is -1.06. The van der Waals surface area contributed by atoms with Crippen LogP contribution in [0.5, 0.6) is 0 Å². The highest BCUT2D eigenvalue weighted by Gasteiger charge is 2.20. The number of rotatable bonds is 8. The van der Waals surface area contributed by atoms with Gasteiger partial charge in [-0.2, -0.15) is 0 Å². The van der Waals surface area contributed by atoms with Crippen LogP contribution in [0.15, 0.2) is 0 Å². The van der Waals surface area contributed by atoms with Crippen molar-refractivity contribution >= 4 is 11.9 Å². The van der Waals surface area contributed by atoms with Crippen LogP contribution in [0.2, 0.25) is 0 Å². The van der Waals surface area contributed by atoms with E-state index in [0.717, 1.165) is 19.3 Å². The molecule has 2 unspecified atom stereocenters. The molecule has 0 heterocycles. The number of carbonyl (C=O) groups is 2. The van der Waals surface area contributed by atoms with Crippen LogP contribution in [0.4, 0.5) is 0 Å². The molecule has 0 aliphatic heterocycles. The number of esters is 2. The van der Waals surface area contributed by atoms with Crippen molar-refractivity contribution in [3.05, 3.63) is 0 Å². The first-order chi connectivity index (χ1) is 8.01. The van der Waals surface area contributed by atoms with Crippen LogP contribution < -0.4 is 0 Å². The summed E-state index contributed by atoms with van der Waals surface area (Å²) in [5, 5.41) is 0. The van der Waals surface area contributed by atoms with Crippen LogP contribution in [0.25, 0.3) is 0 Å². The van der Waals surface area contributed by atoms with Gasteiger partial charge in [-0.05, 0) is 19.8 Å². The minimum atomic E-state index is -0.427. The molecule has 100 valence electrons. The summed E-state index contributed by atoms with van der Waals surface area (Å²) < 4.78 is 10.1. The van der Waals surface area contributed by atoms with Crippen molar-refractivity contribution in [2.75, 3.05) is 6.61 Å². The molecule has 0 fully saturated rings. The van der Waals surface area contributed by atoms with Crippen molar-refractivity contribution in [1.82, 2.24) is 0 Å². The van der Waals surface area contributed by atoms with E-state index in [9.17, 15) is 9.59 Å². The zero-order valence-electron chi connectivity index (χ0n) is 11.3. The van der Waals surface area contributed by atoms with Gasteiger partial charge in [-0.25, -0.2) is 0 Å². The van der Waals surface area contributed by atoms with Gasteiger partial charge >= 0.3 is 11.9 Å². The summed E-state index contributed by atoms with van der Waals surface area (Å²) in [4.78, 5) is 22.9. The van der Waals surface area contributed by atoms with E-state index in [-0.39, 0.29) is 24.5 Å². The zero-order valence-corrected chi connectivity index (χ0v) is 11.3. The predicted molar refractivity (Wildman–Crippen MR) is 65.5 cm³/mol. The quantitative estimate of drug-likeness (QED) is 0.486. The van der Waals surface area contributed by atoms with Crippen molar-refractivity contribution in [3.8, 4) is 0 Å². The molecule has 17 heavy (non-hydrogen) atoms. The number of ether oxygens (including phenoxy) is 2. The van der Waals surface area contributed by atoms with Crippen LogP contribution >= 0.6 is 0 Å². The lowest BCUT2D eigenvalue weighted by atomic mass is 10.1. The SMILES string of the molecule is CCCCOC(=O)C(C)CC(=O)OC(C)CC. The summed E-state index contributed by atoms with van der Waals surface area (Å²) in [6.45, 7) is 7.93. The first-order valence-electron chi connectivity index (χ1n) is 6.37. The summed E-state index contributed by atoms with van der Waals surface area (Å²) >= 11 is 0. The average Bonchev–Trinajstić information content (AvgIpc) is 2.28. The molecule has 2 atom stereocenters. The molecule has 0 aromatic rings. The summed E-state index contributed by atoms with van der Waals surface area (Å²) in [5.74, 6) is -1.08. The van der Waals surface area contributed by atoms with E-state index < -0.39 is 5.92 Å². The van der Waals surface area contributed by atoms with Crippen molar-refractivity contribution in [3.63, 3.8) is 0 Å². The number of hydrogen-bond donors (Lipinski definition) is 0. The average molecular weight is 244 g/mol. The second-order valence-corrected chi connectivity index (χ2v) is 4.33. The van der Waals surface area contributed by atoms with Gasteiger partial charge in [0.2, 0.25) is 0 Å². The Morgan fingerprint density at radius 1 is 1.18 bits per heavy atom. The van der Waals surface area contributed by atoms with Crippen LogP contribution in [0, 0.1) is 5.92 Å². The first kappa shape index (κ1) is 15.9. The van der Waals surface area contributed by atoms with Gasteiger partial charge in [0.15, 0.2) is 0 Å². The molecule has 0 N–H and O–H groups in total. The smallest absolute Gasteiger partial charge is 0.309 e.